The monoisotopic (exact) mass is 205 g/mol. The van der Waals surface area contributed by atoms with E-state index in [1.54, 1.807) is 0 Å². The lowest BCUT2D eigenvalue weighted by Crippen LogP contribution is -2.32. The van der Waals surface area contributed by atoms with Gasteiger partial charge in [-0.25, -0.2) is 8.42 Å². The second kappa shape index (κ2) is 3.22. The number of hydrogen-bond acceptors (Lipinski definition) is 3. The van der Waals surface area contributed by atoms with Crippen molar-refractivity contribution in [1.29, 1.82) is 0 Å². The van der Waals surface area contributed by atoms with Crippen molar-refractivity contribution < 1.29 is 13.5 Å². The maximum Gasteiger partial charge on any atom is 0.214 e. The van der Waals surface area contributed by atoms with Gasteiger partial charge in [-0.15, -0.1) is 0 Å². The van der Waals surface area contributed by atoms with Crippen molar-refractivity contribution >= 4 is 10.0 Å². The van der Waals surface area contributed by atoms with Crippen molar-refractivity contribution in [3.05, 3.63) is 0 Å². The number of β-amino-alcohol motifs (C(OH)–C–C–N with tert-alkyl or cyclic N) is 1. The Morgan fingerprint density at radius 1 is 1.31 bits per heavy atom. The van der Waals surface area contributed by atoms with Crippen molar-refractivity contribution in [2.75, 3.05) is 18.8 Å². The van der Waals surface area contributed by atoms with Crippen molar-refractivity contribution in [1.82, 2.24) is 4.31 Å². The Morgan fingerprint density at radius 3 is 2.46 bits per heavy atom. The molecule has 5 heteroatoms. The first-order valence-corrected chi connectivity index (χ1v) is 6.35. The molecule has 1 N–H and O–H groups in total. The average Bonchev–Trinajstić information content (AvgIpc) is 2.70. The molecule has 0 unspecified atom stereocenters. The van der Waals surface area contributed by atoms with E-state index in [1.807, 2.05) is 0 Å². The number of nitrogens with zero attached hydrogens (tertiary/aromatic N) is 1. The van der Waals surface area contributed by atoms with Gasteiger partial charge >= 0.3 is 0 Å². The topological polar surface area (TPSA) is 57.6 Å². The zero-order valence-electron chi connectivity index (χ0n) is 7.52. The molecule has 0 aromatic heterocycles. The van der Waals surface area contributed by atoms with Crippen LogP contribution in [-0.2, 0) is 10.0 Å². The highest BCUT2D eigenvalue weighted by molar-refractivity contribution is 7.89. The minimum absolute atomic E-state index is 0.291. The highest BCUT2D eigenvalue weighted by Crippen LogP contribution is 2.31. The van der Waals surface area contributed by atoms with Gasteiger partial charge in [-0.1, -0.05) is 0 Å². The third kappa shape index (κ3) is 2.21. The van der Waals surface area contributed by atoms with Crippen LogP contribution in [0.4, 0.5) is 0 Å². The lowest BCUT2D eigenvalue weighted by molar-refractivity contribution is 0.189. The van der Waals surface area contributed by atoms with E-state index in [9.17, 15) is 13.5 Å². The lowest BCUT2D eigenvalue weighted by atomic mass is 10.3. The predicted octanol–water partition coefficient (Wildman–Crippen LogP) is -0.207. The molecule has 0 aromatic carbocycles. The fourth-order valence-corrected chi connectivity index (χ4v) is 3.57. The largest absolute Gasteiger partial charge is 0.392 e. The number of sulfonamides is 1. The van der Waals surface area contributed by atoms with Gasteiger partial charge in [0, 0.05) is 13.1 Å². The predicted molar refractivity (Wildman–Crippen MR) is 48.7 cm³/mol. The highest BCUT2D eigenvalue weighted by atomic mass is 32.2. The second-order valence-corrected chi connectivity index (χ2v) is 6.04. The SMILES string of the molecule is O=S(=O)(CC1CC1)N1CC[C@H](O)C1. The molecular formula is C8H15NO3S. The van der Waals surface area contributed by atoms with Crippen LogP contribution in [0.2, 0.25) is 0 Å². The molecule has 0 radical (unpaired) electrons. The summed E-state index contributed by atoms with van der Waals surface area (Å²) in [6.45, 7) is 0.797. The molecule has 2 aliphatic rings. The number of aliphatic hydroxyl groups excluding tert-OH is 1. The van der Waals surface area contributed by atoms with E-state index in [0.29, 0.717) is 31.2 Å². The summed E-state index contributed by atoms with van der Waals surface area (Å²) in [6, 6.07) is 0. The Kier molecular flexibility index (Phi) is 2.33. The highest BCUT2D eigenvalue weighted by Gasteiger charge is 2.35. The molecule has 1 aliphatic carbocycles. The molecule has 2 rings (SSSR count). The Balaban J connectivity index is 1.97. The van der Waals surface area contributed by atoms with E-state index in [-0.39, 0.29) is 0 Å². The first-order valence-electron chi connectivity index (χ1n) is 4.74. The van der Waals surface area contributed by atoms with Crippen LogP contribution in [0.1, 0.15) is 19.3 Å². The van der Waals surface area contributed by atoms with Crippen LogP contribution in [0.25, 0.3) is 0 Å². The Bertz CT molecular complexity index is 284. The normalized spacial score (nSPS) is 31.0. The fourth-order valence-electron chi connectivity index (χ4n) is 1.65. The van der Waals surface area contributed by atoms with Gasteiger partial charge in [0.05, 0.1) is 11.9 Å². The van der Waals surface area contributed by atoms with Crippen LogP contribution in [0.3, 0.4) is 0 Å². The maximum absolute atomic E-state index is 11.6. The van der Waals surface area contributed by atoms with Gasteiger partial charge in [-0.05, 0) is 25.2 Å². The zero-order chi connectivity index (χ0) is 9.47. The lowest BCUT2D eigenvalue weighted by Gasteiger charge is -2.14. The molecular weight excluding hydrogens is 190 g/mol. The summed E-state index contributed by atoms with van der Waals surface area (Å²) in [7, 11) is -3.06. The van der Waals surface area contributed by atoms with E-state index in [4.69, 9.17) is 0 Å². The molecule has 76 valence electrons. The van der Waals surface area contributed by atoms with Gasteiger partial charge in [0.15, 0.2) is 0 Å². The standard InChI is InChI=1S/C8H15NO3S/c10-8-3-4-9(5-8)13(11,12)6-7-1-2-7/h7-8,10H,1-6H2/t8-/m0/s1. The number of rotatable bonds is 3. The summed E-state index contributed by atoms with van der Waals surface area (Å²) in [6.07, 6.45) is 2.24. The molecule has 1 heterocycles. The van der Waals surface area contributed by atoms with Crippen molar-refractivity contribution in [3.8, 4) is 0 Å². The first-order chi connectivity index (χ1) is 6.08. The number of hydrogen-bond donors (Lipinski definition) is 1. The quantitative estimate of drug-likeness (QED) is 0.693. The summed E-state index contributed by atoms with van der Waals surface area (Å²) >= 11 is 0. The molecule has 0 aromatic rings. The zero-order valence-corrected chi connectivity index (χ0v) is 8.33. The van der Waals surface area contributed by atoms with E-state index < -0.39 is 16.1 Å². The third-order valence-corrected chi connectivity index (χ3v) is 4.67. The van der Waals surface area contributed by atoms with Crippen molar-refractivity contribution in [2.45, 2.75) is 25.4 Å². The third-order valence-electron chi connectivity index (χ3n) is 2.66. The van der Waals surface area contributed by atoms with Crippen LogP contribution in [-0.4, -0.2) is 42.8 Å². The minimum atomic E-state index is -3.06. The molecule has 1 aliphatic heterocycles. The maximum atomic E-state index is 11.6. The number of aliphatic hydroxyl groups is 1. The van der Waals surface area contributed by atoms with Gasteiger partial charge in [0.25, 0.3) is 0 Å². The molecule has 0 spiro atoms. The van der Waals surface area contributed by atoms with Crippen LogP contribution in [0.5, 0.6) is 0 Å². The van der Waals surface area contributed by atoms with E-state index >= 15 is 0 Å². The average molecular weight is 205 g/mol. The van der Waals surface area contributed by atoms with E-state index in [2.05, 4.69) is 0 Å². The molecule has 0 bridgehead atoms. The summed E-state index contributed by atoms with van der Waals surface area (Å²) in [5.74, 6) is 0.683. The van der Waals surface area contributed by atoms with Gasteiger partial charge < -0.3 is 5.11 Å². The van der Waals surface area contributed by atoms with E-state index in [1.165, 1.54) is 4.31 Å². The van der Waals surface area contributed by atoms with Gasteiger partial charge in [-0.3, -0.25) is 0 Å². The molecule has 1 saturated carbocycles. The Morgan fingerprint density at radius 2 is 2.00 bits per heavy atom. The summed E-state index contributed by atoms with van der Waals surface area (Å²) in [4.78, 5) is 0. The fraction of sp³-hybridized carbons (Fsp3) is 1.00. The van der Waals surface area contributed by atoms with Gasteiger partial charge in [0.1, 0.15) is 0 Å². The van der Waals surface area contributed by atoms with Crippen LogP contribution in [0, 0.1) is 5.92 Å². The van der Waals surface area contributed by atoms with Crippen LogP contribution < -0.4 is 0 Å². The van der Waals surface area contributed by atoms with E-state index in [0.717, 1.165) is 12.8 Å². The second-order valence-electron chi connectivity index (χ2n) is 4.02. The first kappa shape index (κ1) is 9.43. The van der Waals surface area contributed by atoms with Crippen LogP contribution >= 0.6 is 0 Å². The van der Waals surface area contributed by atoms with Gasteiger partial charge in [-0.2, -0.15) is 4.31 Å². The molecule has 1 atom stereocenters. The Hall–Kier alpha value is -0.130. The summed E-state index contributed by atoms with van der Waals surface area (Å²) < 4.78 is 24.7. The molecule has 2 fully saturated rings. The Labute approximate surface area is 78.6 Å². The minimum Gasteiger partial charge on any atom is -0.392 e. The van der Waals surface area contributed by atoms with Crippen molar-refractivity contribution in [3.63, 3.8) is 0 Å². The summed E-state index contributed by atoms with van der Waals surface area (Å²) in [5.41, 5.74) is 0. The van der Waals surface area contributed by atoms with Gasteiger partial charge in [0.2, 0.25) is 10.0 Å². The summed E-state index contributed by atoms with van der Waals surface area (Å²) in [5, 5.41) is 9.21. The smallest absolute Gasteiger partial charge is 0.214 e. The molecule has 4 nitrogen and oxygen atoms in total. The molecule has 13 heavy (non-hydrogen) atoms. The van der Waals surface area contributed by atoms with Crippen LogP contribution in [0.15, 0.2) is 0 Å². The van der Waals surface area contributed by atoms with Crippen molar-refractivity contribution in [2.24, 2.45) is 5.92 Å². The molecule has 1 saturated heterocycles. The molecule has 0 amide bonds.